The number of benzene rings is 1. The third kappa shape index (κ3) is 1.50. The zero-order chi connectivity index (χ0) is 12.7. The maximum atomic E-state index is 11.2. The number of carboxylic acids is 1. The SMILES string of the molecule is Cc1sc2nnc(C(=O)O)n2c1-c1ccccc1. The Bertz CT molecular complexity index is 730. The first-order chi connectivity index (χ1) is 8.68. The molecule has 0 saturated heterocycles. The molecule has 2 aromatic heterocycles. The first-order valence-corrected chi connectivity index (χ1v) is 6.13. The summed E-state index contributed by atoms with van der Waals surface area (Å²) in [4.78, 5) is 12.8. The number of rotatable bonds is 2. The molecule has 1 N–H and O–H groups in total. The third-order valence-electron chi connectivity index (χ3n) is 2.67. The molecule has 18 heavy (non-hydrogen) atoms. The Kier molecular flexibility index (Phi) is 2.38. The summed E-state index contributed by atoms with van der Waals surface area (Å²) in [6.45, 7) is 1.95. The van der Waals surface area contributed by atoms with Crippen LogP contribution < -0.4 is 0 Å². The quantitative estimate of drug-likeness (QED) is 0.767. The predicted molar refractivity (Wildman–Crippen MR) is 68.0 cm³/mol. The molecule has 0 bridgehead atoms. The van der Waals surface area contributed by atoms with E-state index in [0.29, 0.717) is 4.96 Å². The number of carbonyl (C=O) groups is 1. The second kappa shape index (κ2) is 3.92. The highest BCUT2D eigenvalue weighted by Gasteiger charge is 2.20. The lowest BCUT2D eigenvalue weighted by atomic mass is 10.1. The second-order valence-electron chi connectivity index (χ2n) is 3.82. The van der Waals surface area contributed by atoms with Gasteiger partial charge < -0.3 is 5.11 Å². The molecule has 2 heterocycles. The van der Waals surface area contributed by atoms with Crippen molar-refractivity contribution in [3.05, 3.63) is 41.0 Å². The topological polar surface area (TPSA) is 67.5 Å². The molecule has 3 aromatic rings. The molecule has 0 spiro atoms. The highest BCUT2D eigenvalue weighted by molar-refractivity contribution is 7.17. The number of carboxylic acid groups (broad SMARTS) is 1. The van der Waals surface area contributed by atoms with Crippen LogP contribution in [-0.2, 0) is 0 Å². The van der Waals surface area contributed by atoms with Gasteiger partial charge in [-0.25, -0.2) is 4.79 Å². The van der Waals surface area contributed by atoms with Crippen molar-refractivity contribution in [3.63, 3.8) is 0 Å². The lowest BCUT2D eigenvalue weighted by Crippen LogP contribution is -2.04. The van der Waals surface area contributed by atoms with Crippen molar-refractivity contribution in [2.45, 2.75) is 6.92 Å². The zero-order valence-electron chi connectivity index (χ0n) is 9.49. The molecule has 0 aliphatic carbocycles. The van der Waals surface area contributed by atoms with Crippen LogP contribution in [0.15, 0.2) is 30.3 Å². The number of thiazole rings is 1. The van der Waals surface area contributed by atoms with Gasteiger partial charge in [0.1, 0.15) is 0 Å². The summed E-state index contributed by atoms with van der Waals surface area (Å²) in [6, 6.07) is 9.65. The monoisotopic (exact) mass is 259 g/mol. The van der Waals surface area contributed by atoms with Crippen LogP contribution in [0.3, 0.4) is 0 Å². The van der Waals surface area contributed by atoms with E-state index in [1.165, 1.54) is 11.3 Å². The van der Waals surface area contributed by atoms with Crippen LogP contribution in [0, 0.1) is 6.92 Å². The van der Waals surface area contributed by atoms with Crippen LogP contribution >= 0.6 is 11.3 Å². The van der Waals surface area contributed by atoms with E-state index < -0.39 is 5.97 Å². The normalized spacial score (nSPS) is 10.9. The highest BCUT2D eigenvalue weighted by atomic mass is 32.1. The van der Waals surface area contributed by atoms with Gasteiger partial charge in [0.15, 0.2) is 0 Å². The summed E-state index contributed by atoms with van der Waals surface area (Å²) in [5.41, 5.74) is 1.81. The van der Waals surface area contributed by atoms with E-state index in [0.717, 1.165) is 16.1 Å². The highest BCUT2D eigenvalue weighted by Crippen LogP contribution is 2.31. The molecular weight excluding hydrogens is 250 g/mol. The van der Waals surface area contributed by atoms with Crippen molar-refractivity contribution >= 4 is 22.3 Å². The van der Waals surface area contributed by atoms with Crippen LogP contribution in [0.25, 0.3) is 16.2 Å². The zero-order valence-corrected chi connectivity index (χ0v) is 10.3. The van der Waals surface area contributed by atoms with Gasteiger partial charge in [0.2, 0.25) is 10.8 Å². The molecule has 90 valence electrons. The minimum Gasteiger partial charge on any atom is -0.475 e. The van der Waals surface area contributed by atoms with Gasteiger partial charge in [-0.05, 0) is 12.5 Å². The molecule has 0 aliphatic heterocycles. The van der Waals surface area contributed by atoms with Crippen LogP contribution in [0.1, 0.15) is 15.5 Å². The molecule has 0 saturated carbocycles. The summed E-state index contributed by atoms with van der Waals surface area (Å²) < 4.78 is 1.59. The molecule has 3 rings (SSSR count). The molecule has 0 fully saturated rings. The van der Waals surface area contributed by atoms with Gasteiger partial charge in [-0.2, -0.15) is 0 Å². The van der Waals surface area contributed by atoms with E-state index in [9.17, 15) is 4.79 Å². The predicted octanol–water partition coefficient (Wildman–Crippen LogP) is 2.46. The average Bonchev–Trinajstić information content (AvgIpc) is 2.87. The van der Waals surface area contributed by atoms with E-state index in [1.54, 1.807) is 4.40 Å². The van der Waals surface area contributed by atoms with E-state index >= 15 is 0 Å². The number of fused-ring (bicyclic) bond motifs is 1. The summed E-state index contributed by atoms with van der Waals surface area (Å²) >= 11 is 1.44. The average molecular weight is 259 g/mol. The van der Waals surface area contributed by atoms with Gasteiger partial charge in [0.25, 0.3) is 0 Å². The fraction of sp³-hybridized carbons (Fsp3) is 0.0833. The maximum absolute atomic E-state index is 11.2. The van der Waals surface area contributed by atoms with Crippen molar-refractivity contribution in [2.24, 2.45) is 0 Å². The van der Waals surface area contributed by atoms with Gasteiger partial charge >= 0.3 is 5.97 Å². The standard InChI is InChI=1S/C12H9N3O2S/c1-7-9(8-5-3-2-4-6-8)15-10(11(16)17)13-14-12(15)18-7/h2-6H,1H3,(H,16,17). The minimum atomic E-state index is -1.07. The van der Waals surface area contributed by atoms with Crippen LogP contribution in [-0.4, -0.2) is 25.7 Å². The van der Waals surface area contributed by atoms with Crippen molar-refractivity contribution in [1.29, 1.82) is 0 Å². The third-order valence-corrected chi connectivity index (χ3v) is 3.62. The lowest BCUT2D eigenvalue weighted by molar-refractivity contribution is 0.0682. The van der Waals surface area contributed by atoms with Gasteiger partial charge in [0.05, 0.1) is 5.69 Å². The molecule has 0 amide bonds. The van der Waals surface area contributed by atoms with Gasteiger partial charge in [-0.15, -0.1) is 10.2 Å². The first-order valence-electron chi connectivity index (χ1n) is 5.31. The van der Waals surface area contributed by atoms with Crippen molar-refractivity contribution in [1.82, 2.24) is 14.6 Å². The van der Waals surface area contributed by atoms with Crippen molar-refractivity contribution in [3.8, 4) is 11.3 Å². The van der Waals surface area contributed by atoms with Crippen molar-refractivity contribution < 1.29 is 9.90 Å². The molecule has 0 unspecified atom stereocenters. The fourth-order valence-electron chi connectivity index (χ4n) is 1.95. The van der Waals surface area contributed by atoms with E-state index in [1.807, 2.05) is 37.3 Å². The van der Waals surface area contributed by atoms with Gasteiger partial charge in [-0.1, -0.05) is 41.7 Å². The lowest BCUT2D eigenvalue weighted by Gasteiger charge is -2.02. The largest absolute Gasteiger partial charge is 0.475 e. The number of aromatic nitrogens is 3. The Morgan fingerprint density at radius 2 is 2.00 bits per heavy atom. The number of aryl methyl sites for hydroxylation is 1. The first kappa shape index (κ1) is 10.9. The molecule has 0 radical (unpaired) electrons. The maximum Gasteiger partial charge on any atom is 0.374 e. The summed E-state index contributed by atoms with van der Waals surface area (Å²) in [5.74, 6) is -1.12. The molecule has 0 aliphatic rings. The Morgan fingerprint density at radius 1 is 1.28 bits per heavy atom. The number of hydrogen-bond donors (Lipinski definition) is 1. The summed E-state index contributed by atoms with van der Waals surface area (Å²) in [6.07, 6.45) is 0. The molecule has 5 nitrogen and oxygen atoms in total. The van der Waals surface area contributed by atoms with Gasteiger partial charge in [-0.3, -0.25) is 4.40 Å². The molecular formula is C12H9N3O2S. The Hall–Kier alpha value is -2.21. The number of hydrogen-bond acceptors (Lipinski definition) is 4. The Balaban J connectivity index is 2.37. The van der Waals surface area contributed by atoms with Crippen LogP contribution in [0.5, 0.6) is 0 Å². The van der Waals surface area contributed by atoms with Crippen LogP contribution in [0.2, 0.25) is 0 Å². The van der Waals surface area contributed by atoms with Crippen molar-refractivity contribution in [2.75, 3.05) is 0 Å². The fourth-order valence-corrected chi connectivity index (χ4v) is 2.88. The smallest absolute Gasteiger partial charge is 0.374 e. The molecule has 1 aromatic carbocycles. The second-order valence-corrected chi connectivity index (χ2v) is 5.00. The number of aromatic carboxylic acids is 1. The molecule has 6 heteroatoms. The number of nitrogens with zero attached hydrogens (tertiary/aromatic N) is 3. The van der Waals surface area contributed by atoms with E-state index in [-0.39, 0.29) is 5.82 Å². The van der Waals surface area contributed by atoms with Crippen LogP contribution in [0.4, 0.5) is 0 Å². The molecule has 0 atom stereocenters. The Morgan fingerprint density at radius 3 is 2.67 bits per heavy atom. The van der Waals surface area contributed by atoms with E-state index in [4.69, 9.17) is 5.11 Å². The summed E-state index contributed by atoms with van der Waals surface area (Å²) in [7, 11) is 0. The van der Waals surface area contributed by atoms with E-state index in [2.05, 4.69) is 10.2 Å². The Labute approximate surface area is 106 Å². The summed E-state index contributed by atoms with van der Waals surface area (Å²) in [5, 5.41) is 16.7. The van der Waals surface area contributed by atoms with Gasteiger partial charge in [0, 0.05) is 4.88 Å². The minimum absolute atomic E-state index is 0.0480.